The van der Waals surface area contributed by atoms with Crippen LogP contribution in [0.3, 0.4) is 0 Å². The average Bonchev–Trinajstić information content (AvgIpc) is 2.52. The van der Waals surface area contributed by atoms with Crippen LogP contribution in [-0.2, 0) is 19.1 Å². The molecule has 1 heterocycles. The Morgan fingerprint density at radius 1 is 1.38 bits per heavy atom. The Morgan fingerprint density at radius 3 is 2.75 bits per heavy atom. The van der Waals surface area contributed by atoms with Crippen LogP contribution in [0.4, 0.5) is 5.69 Å². The summed E-state index contributed by atoms with van der Waals surface area (Å²) < 4.78 is 4.90. The first-order valence-corrected chi connectivity index (χ1v) is 8.91. The summed E-state index contributed by atoms with van der Waals surface area (Å²) in [6.07, 6.45) is 0.0688. The zero-order chi connectivity index (χ0) is 17.7. The number of benzene rings is 1. The lowest BCUT2D eigenvalue weighted by atomic mass is 10.1. The SMILES string of the molecule is CCOC(=O)[C@@H]1CS[C@H](CC(=O)Nc2ccc(C)cc2C)C(=O)N1. The molecule has 24 heavy (non-hydrogen) atoms. The van der Waals surface area contributed by atoms with Crippen LogP contribution in [0.5, 0.6) is 0 Å². The van der Waals surface area contributed by atoms with Crippen LogP contribution < -0.4 is 10.6 Å². The van der Waals surface area contributed by atoms with Gasteiger partial charge in [-0.2, -0.15) is 0 Å². The second kappa shape index (κ2) is 8.19. The molecular formula is C17H22N2O4S. The number of nitrogens with one attached hydrogen (secondary N) is 2. The lowest BCUT2D eigenvalue weighted by Gasteiger charge is -2.27. The normalized spacial score (nSPS) is 20.2. The molecule has 130 valence electrons. The van der Waals surface area contributed by atoms with Gasteiger partial charge < -0.3 is 15.4 Å². The van der Waals surface area contributed by atoms with Crippen LogP contribution in [0, 0.1) is 13.8 Å². The fourth-order valence-electron chi connectivity index (χ4n) is 2.44. The summed E-state index contributed by atoms with van der Waals surface area (Å²) in [6.45, 7) is 5.91. The van der Waals surface area contributed by atoms with Crippen molar-refractivity contribution in [2.75, 3.05) is 17.7 Å². The fraction of sp³-hybridized carbons (Fsp3) is 0.471. The summed E-state index contributed by atoms with van der Waals surface area (Å²) in [5.41, 5.74) is 2.85. The molecule has 2 N–H and O–H groups in total. The van der Waals surface area contributed by atoms with Crippen molar-refractivity contribution in [1.29, 1.82) is 0 Å². The van der Waals surface area contributed by atoms with Gasteiger partial charge >= 0.3 is 5.97 Å². The lowest BCUT2D eigenvalue weighted by Crippen LogP contribution is -2.51. The van der Waals surface area contributed by atoms with Gasteiger partial charge in [-0.25, -0.2) is 4.79 Å². The smallest absolute Gasteiger partial charge is 0.329 e. The number of carbonyl (C=O) groups excluding carboxylic acids is 3. The molecule has 0 aromatic heterocycles. The maximum atomic E-state index is 12.2. The van der Waals surface area contributed by atoms with Crippen LogP contribution in [0.15, 0.2) is 18.2 Å². The molecule has 2 rings (SSSR count). The third kappa shape index (κ3) is 4.74. The summed E-state index contributed by atoms with van der Waals surface area (Å²) in [6, 6.07) is 5.13. The molecule has 1 aromatic carbocycles. The molecule has 0 radical (unpaired) electrons. The van der Waals surface area contributed by atoms with Crippen molar-refractivity contribution in [1.82, 2.24) is 5.32 Å². The highest BCUT2D eigenvalue weighted by molar-refractivity contribution is 8.00. The number of hydrogen-bond acceptors (Lipinski definition) is 5. The van der Waals surface area contributed by atoms with Crippen molar-refractivity contribution < 1.29 is 19.1 Å². The largest absolute Gasteiger partial charge is 0.464 e. The van der Waals surface area contributed by atoms with E-state index in [1.165, 1.54) is 11.8 Å². The van der Waals surface area contributed by atoms with Crippen molar-refractivity contribution in [3.05, 3.63) is 29.3 Å². The van der Waals surface area contributed by atoms with E-state index in [2.05, 4.69) is 10.6 Å². The molecular weight excluding hydrogens is 328 g/mol. The van der Waals surface area contributed by atoms with E-state index in [-0.39, 0.29) is 24.8 Å². The first kappa shape index (κ1) is 18.3. The van der Waals surface area contributed by atoms with E-state index < -0.39 is 17.3 Å². The van der Waals surface area contributed by atoms with Crippen LogP contribution in [-0.4, -0.2) is 41.4 Å². The monoisotopic (exact) mass is 350 g/mol. The standard InChI is InChI=1S/C17H22N2O4S/c1-4-23-17(22)13-9-24-14(16(21)19-13)8-15(20)18-12-6-5-10(2)7-11(12)3/h5-7,13-14H,4,8-9H2,1-3H3,(H,18,20)(H,19,21)/t13-,14+/m0/s1. The minimum Gasteiger partial charge on any atom is -0.464 e. The summed E-state index contributed by atoms with van der Waals surface area (Å²) in [5.74, 6) is -0.549. The Hall–Kier alpha value is -2.02. The van der Waals surface area contributed by atoms with Gasteiger partial charge in [-0.1, -0.05) is 17.7 Å². The topological polar surface area (TPSA) is 84.5 Å². The molecule has 1 aliphatic heterocycles. The molecule has 1 aliphatic rings. The maximum absolute atomic E-state index is 12.2. The molecule has 1 aromatic rings. The Morgan fingerprint density at radius 2 is 2.12 bits per heavy atom. The molecule has 6 nitrogen and oxygen atoms in total. The summed E-state index contributed by atoms with van der Waals surface area (Å²) in [5, 5.41) is 4.96. The minimum absolute atomic E-state index is 0.0688. The molecule has 0 aliphatic carbocycles. The minimum atomic E-state index is -0.638. The van der Waals surface area contributed by atoms with Gasteiger partial charge in [0, 0.05) is 17.9 Å². The van der Waals surface area contributed by atoms with E-state index in [1.807, 2.05) is 32.0 Å². The highest BCUT2D eigenvalue weighted by Crippen LogP contribution is 2.23. The Kier molecular flexibility index (Phi) is 6.25. The zero-order valence-corrected chi connectivity index (χ0v) is 14.9. The van der Waals surface area contributed by atoms with E-state index in [0.717, 1.165) is 16.8 Å². The first-order valence-electron chi connectivity index (χ1n) is 7.86. The van der Waals surface area contributed by atoms with E-state index in [0.29, 0.717) is 5.75 Å². The predicted octanol–water partition coefficient (Wildman–Crippen LogP) is 1.80. The second-order valence-corrected chi connectivity index (χ2v) is 6.94. The van der Waals surface area contributed by atoms with Crippen molar-refractivity contribution in [2.24, 2.45) is 0 Å². The number of thioether (sulfide) groups is 1. The predicted molar refractivity (Wildman–Crippen MR) is 94.0 cm³/mol. The van der Waals surface area contributed by atoms with Gasteiger partial charge in [-0.15, -0.1) is 11.8 Å². The molecule has 0 bridgehead atoms. The van der Waals surface area contributed by atoms with Gasteiger partial charge in [-0.05, 0) is 32.4 Å². The van der Waals surface area contributed by atoms with E-state index in [1.54, 1.807) is 6.92 Å². The van der Waals surface area contributed by atoms with E-state index in [4.69, 9.17) is 4.74 Å². The second-order valence-electron chi connectivity index (χ2n) is 5.71. The quantitative estimate of drug-likeness (QED) is 0.791. The number of rotatable bonds is 5. The van der Waals surface area contributed by atoms with Crippen LogP contribution >= 0.6 is 11.8 Å². The van der Waals surface area contributed by atoms with Crippen molar-refractivity contribution in [3.8, 4) is 0 Å². The molecule has 7 heteroatoms. The Balaban J connectivity index is 1.89. The van der Waals surface area contributed by atoms with Gasteiger partial charge in [-0.3, -0.25) is 9.59 Å². The number of esters is 1. The number of hydrogen-bond donors (Lipinski definition) is 2. The first-order chi connectivity index (χ1) is 11.4. The van der Waals surface area contributed by atoms with Gasteiger partial charge in [0.15, 0.2) is 0 Å². The molecule has 2 atom stereocenters. The van der Waals surface area contributed by atoms with Gasteiger partial charge in [0.05, 0.1) is 11.9 Å². The van der Waals surface area contributed by atoms with Crippen LogP contribution in [0.2, 0.25) is 0 Å². The number of carbonyl (C=O) groups is 3. The maximum Gasteiger partial charge on any atom is 0.329 e. The summed E-state index contributed by atoms with van der Waals surface area (Å²) >= 11 is 1.31. The van der Waals surface area contributed by atoms with Crippen molar-refractivity contribution in [2.45, 2.75) is 38.5 Å². The highest BCUT2D eigenvalue weighted by Gasteiger charge is 2.34. The lowest BCUT2D eigenvalue weighted by molar-refractivity contribution is -0.146. The van der Waals surface area contributed by atoms with E-state index >= 15 is 0 Å². The van der Waals surface area contributed by atoms with Crippen molar-refractivity contribution in [3.63, 3.8) is 0 Å². The average molecular weight is 350 g/mol. The highest BCUT2D eigenvalue weighted by atomic mass is 32.2. The third-order valence-electron chi connectivity index (χ3n) is 3.67. The summed E-state index contributed by atoms with van der Waals surface area (Å²) in [4.78, 5) is 35.9. The molecule has 1 saturated heterocycles. The molecule has 2 amide bonds. The van der Waals surface area contributed by atoms with Crippen LogP contribution in [0.25, 0.3) is 0 Å². The van der Waals surface area contributed by atoms with Crippen molar-refractivity contribution >= 4 is 35.2 Å². The molecule has 1 fully saturated rings. The Labute approximate surface area is 145 Å². The number of amides is 2. The molecule has 0 saturated carbocycles. The van der Waals surface area contributed by atoms with Gasteiger partial charge in [0.2, 0.25) is 11.8 Å². The fourth-order valence-corrected chi connectivity index (χ4v) is 3.57. The third-order valence-corrected chi connectivity index (χ3v) is 4.98. The Bertz CT molecular complexity index is 647. The number of anilines is 1. The van der Waals surface area contributed by atoms with Gasteiger partial charge in [0.1, 0.15) is 6.04 Å². The van der Waals surface area contributed by atoms with Crippen LogP contribution in [0.1, 0.15) is 24.5 Å². The van der Waals surface area contributed by atoms with Gasteiger partial charge in [0.25, 0.3) is 0 Å². The summed E-state index contributed by atoms with van der Waals surface area (Å²) in [7, 11) is 0. The van der Waals surface area contributed by atoms with E-state index in [9.17, 15) is 14.4 Å². The molecule has 0 unspecified atom stereocenters. The molecule has 0 spiro atoms. The zero-order valence-electron chi connectivity index (χ0n) is 14.0. The number of aryl methyl sites for hydroxylation is 2. The number of ether oxygens (including phenoxy) is 1.